The Kier molecular flexibility index (Phi) is 5.81. The summed E-state index contributed by atoms with van der Waals surface area (Å²) >= 11 is 0. The molecule has 2 heterocycles. The van der Waals surface area contributed by atoms with Crippen LogP contribution in [-0.2, 0) is 6.54 Å². The molecule has 2 aromatic carbocycles. The summed E-state index contributed by atoms with van der Waals surface area (Å²) in [6.07, 6.45) is 1.64. The number of carbonyl (C=O) groups excluding carboxylic acids is 1. The zero-order valence-electron chi connectivity index (χ0n) is 17.5. The SMILES string of the molecule is COc1cc(CN2CCN(C(=O)c3occ4ccccc34)CC2)cc(OC)c1OC. The summed E-state index contributed by atoms with van der Waals surface area (Å²) in [6.45, 7) is 3.60. The number of furan rings is 1. The number of piperazine rings is 1. The summed E-state index contributed by atoms with van der Waals surface area (Å²) in [5, 5.41) is 1.81. The van der Waals surface area contributed by atoms with Crippen molar-refractivity contribution < 1.29 is 23.4 Å². The van der Waals surface area contributed by atoms with E-state index in [1.165, 1.54) is 0 Å². The molecule has 1 aliphatic heterocycles. The number of fused-ring (bicyclic) bond motifs is 1. The van der Waals surface area contributed by atoms with Gasteiger partial charge in [0.15, 0.2) is 17.3 Å². The molecule has 1 aliphatic rings. The summed E-state index contributed by atoms with van der Waals surface area (Å²) in [5.74, 6) is 2.24. The van der Waals surface area contributed by atoms with E-state index in [-0.39, 0.29) is 5.91 Å². The molecule has 158 valence electrons. The topological polar surface area (TPSA) is 64.4 Å². The Morgan fingerprint density at radius 2 is 1.63 bits per heavy atom. The van der Waals surface area contributed by atoms with Gasteiger partial charge in [-0.2, -0.15) is 0 Å². The number of rotatable bonds is 6. The molecule has 0 unspecified atom stereocenters. The number of hydrogen-bond donors (Lipinski definition) is 0. The highest BCUT2D eigenvalue weighted by molar-refractivity contribution is 6.04. The first-order valence-corrected chi connectivity index (χ1v) is 9.91. The molecular weight excluding hydrogens is 384 g/mol. The second-order valence-corrected chi connectivity index (χ2v) is 7.25. The number of ether oxygens (including phenoxy) is 3. The Hall–Kier alpha value is -3.19. The van der Waals surface area contributed by atoms with E-state index in [0.29, 0.717) is 36.1 Å². The van der Waals surface area contributed by atoms with Crippen LogP contribution in [0.2, 0.25) is 0 Å². The van der Waals surface area contributed by atoms with Crippen molar-refractivity contribution in [1.82, 2.24) is 9.80 Å². The molecule has 7 nitrogen and oxygen atoms in total. The molecule has 0 atom stereocenters. The van der Waals surface area contributed by atoms with Crippen LogP contribution in [0.5, 0.6) is 17.2 Å². The molecule has 0 radical (unpaired) electrons. The van der Waals surface area contributed by atoms with Gasteiger partial charge in [0, 0.05) is 43.5 Å². The fourth-order valence-electron chi connectivity index (χ4n) is 3.90. The average molecular weight is 410 g/mol. The van der Waals surface area contributed by atoms with E-state index < -0.39 is 0 Å². The van der Waals surface area contributed by atoms with Crippen molar-refractivity contribution in [3.63, 3.8) is 0 Å². The van der Waals surface area contributed by atoms with Crippen molar-refractivity contribution in [2.45, 2.75) is 6.54 Å². The first-order chi connectivity index (χ1) is 14.6. The average Bonchev–Trinajstić information content (AvgIpc) is 3.22. The van der Waals surface area contributed by atoms with Crippen LogP contribution in [0.4, 0.5) is 0 Å². The summed E-state index contributed by atoms with van der Waals surface area (Å²) < 4.78 is 21.9. The van der Waals surface area contributed by atoms with Gasteiger partial charge in [-0.1, -0.05) is 24.3 Å². The summed E-state index contributed by atoms with van der Waals surface area (Å²) in [6, 6.07) is 11.7. The first kappa shape index (κ1) is 20.1. The number of methoxy groups -OCH3 is 3. The zero-order valence-corrected chi connectivity index (χ0v) is 17.5. The molecule has 1 fully saturated rings. The first-order valence-electron chi connectivity index (χ1n) is 9.91. The lowest BCUT2D eigenvalue weighted by molar-refractivity contribution is 0.0600. The number of benzene rings is 2. The Morgan fingerprint density at radius 1 is 0.967 bits per heavy atom. The molecule has 1 saturated heterocycles. The Labute approximate surface area is 175 Å². The minimum absolute atomic E-state index is 0.0522. The van der Waals surface area contributed by atoms with Gasteiger partial charge in [0.25, 0.3) is 5.91 Å². The molecule has 7 heteroatoms. The van der Waals surface area contributed by atoms with E-state index in [1.807, 2.05) is 41.3 Å². The number of hydrogen-bond acceptors (Lipinski definition) is 6. The molecule has 0 saturated carbocycles. The lowest BCUT2D eigenvalue weighted by Gasteiger charge is -2.34. The minimum atomic E-state index is -0.0522. The third-order valence-electron chi connectivity index (χ3n) is 5.49. The van der Waals surface area contributed by atoms with Crippen LogP contribution in [0.25, 0.3) is 10.8 Å². The third kappa shape index (κ3) is 3.80. The fraction of sp³-hybridized carbons (Fsp3) is 0.348. The second kappa shape index (κ2) is 8.67. The van der Waals surface area contributed by atoms with Crippen molar-refractivity contribution in [3.8, 4) is 17.2 Å². The van der Waals surface area contributed by atoms with Gasteiger partial charge in [-0.05, 0) is 17.7 Å². The summed E-state index contributed by atoms with van der Waals surface area (Å²) in [7, 11) is 4.83. The van der Waals surface area contributed by atoms with Crippen molar-refractivity contribution in [2.24, 2.45) is 0 Å². The summed E-state index contributed by atoms with van der Waals surface area (Å²) in [5.41, 5.74) is 1.07. The van der Waals surface area contributed by atoms with Crippen molar-refractivity contribution >= 4 is 16.7 Å². The largest absolute Gasteiger partial charge is 0.493 e. The minimum Gasteiger partial charge on any atom is -0.493 e. The highest BCUT2D eigenvalue weighted by Crippen LogP contribution is 2.38. The van der Waals surface area contributed by atoms with E-state index in [2.05, 4.69) is 4.90 Å². The van der Waals surface area contributed by atoms with Crippen molar-refractivity contribution in [3.05, 3.63) is 54.0 Å². The Morgan fingerprint density at radius 3 is 2.27 bits per heavy atom. The van der Waals surface area contributed by atoms with Crippen LogP contribution in [0.3, 0.4) is 0 Å². The van der Waals surface area contributed by atoms with Crippen LogP contribution < -0.4 is 14.2 Å². The van der Waals surface area contributed by atoms with E-state index in [4.69, 9.17) is 18.6 Å². The maximum absolute atomic E-state index is 12.9. The third-order valence-corrected chi connectivity index (χ3v) is 5.49. The molecule has 0 aliphatic carbocycles. The lowest BCUT2D eigenvalue weighted by atomic mass is 10.1. The predicted octanol–water partition coefficient (Wildman–Crippen LogP) is 3.42. The molecule has 4 rings (SSSR count). The molecule has 0 N–H and O–H groups in total. The number of amides is 1. The van der Waals surface area contributed by atoms with Gasteiger partial charge in [-0.25, -0.2) is 0 Å². The van der Waals surface area contributed by atoms with Gasteiger partial charge < -0.3 is 23.5 Å². The van der Waals surface area contributed by atoms with Crippen LogP contribution in [-0.4, -0.2) is 63.2 Å². The lowest BCUT2D eigenvalue weighted by Crippen LogP contribution is -2.48. The van der Waals surface area contributed by atoms with Crippen LogP contribution >= 0.6 is 0 Å². The monoisotopic (exact) mass is 410 g/mol. The van der Waals surface area contributed by atoms with Crippen LogP contribution in [0, 0.1) is 0 Å². The standard InChI is InChI=1S/C23H26N2O5/c1-27-19-12-16(13-20(28-2)22(19)29-3)14-24-8-10-25(11-9-24)23(26)21-18-7-5-4-6-17(18)15-30-21/h4-7,12-13,15H,8-11,14H2,1-3H3. The van der Waals surface area contributed by atoms with Gasteiger partial charge in [0.1, 0.15) is 0 Å². The molecule has 1 amide bonds. The predicted molar refractivity (Wildman–Crippen MR) is 113 cm³/mol. The van der Waals surface area contributed by atoms with Gasteiger partial charge in [-0.15, -0.1) is 0 Å². The zero-order chi connectivity index (χ0) is 21.1. The quantitative estimate of drug-likeness (QED) is 0.621. The van der Waals surface area contributed by atoms with Crippen molar-refractivity contribution in [2.75, 3.05) is 47.5 Å². The molecular formula is C23H26N2O5. The molecule has 0 spiro atoms. The van der Waals surface area contributed by atoms with Gasteiger partial charge >= 0.3 is 0 Å². The summed E-state index contributed by atoms with van der Waals surface area (Å²) in [4.78, 5) is 17.1. The van der Waals surface area contributed by atoms with Gasteiger partial charge in [0.2, 0.25) is 5.75 Å². The smallest absolute Gasteiger partial charge is 0.290 e. The molecule has 1 aromatic heterocycles. The highest BCUT2D eigenvalue weighted by atomic mass is 16.5. The van der Waals surface area contributed by atoms with Crippen molar-refractivity contribution in [1.29, 1.82) is 0 Å². The number of carbonyl (C=O) groups is 1. The maximum atomic E-state index is 12.9. The normalized spacial score (nSPS) is 14.7. The second-order valence-electron chi connectivity index (χ2n) is 7.25. The molecule has 30 heavy (non-hydrogen) atoms. The van der Waals surface area contributed by atoms with E-state index >= 15 is 0 Å². The Balaban J connectivity index is 1.42. The van der Waals surface area contributed by atoms with Gasteiger partial charge in [0.05, 0.1) is 27.6 Å². The van der Waals surface area contributed by atoms with Crippen LogP contribution in [0.1, 0.15) is 16.1 Å². The van der Waals surface area contributed by atoms with Gasteiger partial charge in [-0.3, -0.25) is 9.69 Å². The molecule has 3 aromatic rings. The van der Waals surface area contributed by atoms with E-state index in [0.717, 1.165) is 36.0 Å². The van der Waals surface area contributed by atoms with E-state index in [1.54, 1.807) is 27.6 Å². The van der Waals surface area contributed by atoms with E-state index in [9.17, 15) is 4.79 Å². The highest BCUT2D eigenvalue weighted by Gasteiger charge is 2.26. The fourth-order valence-corrected chi connectivity index (χ4v) is 3.90. The maximum Gasteiger partial charge on any atom is 0.290 e. The Bertz CT molecular complexity index is 1010. The molecule has 0 bridgehead atoms. The van der Waals surface area contributed by atoms with Crippen LogP contribution in [0.15, 0.2) is 47.1 Å². The number of nitrogens with zero attached hydrogens (tertiary/aromatic N) is 2.